The average molecular weight is 325 g/mol. The van der Waals surface area contributed by atoms with E-state index in [0.29, 0.717) is 38.0 Å². The van der Waals surface area contributed by atoms with E-state index in [0.717, 1.165) is 11.8 Å². The average Bonchev–Trinajstić information content (AvgIpc) is 2.80. The van der Waals surface area contributed by atoms with Crippen molar-refractivity contribution >= 4 is 23.5 Å². The van der Waals surface area contributed by atoms with E-state index in [1.54, 1.807) is 13.8 Å². The molecule has 0 radical (unpaired) electrons. The number of aryl methyl sites for hydroxylation is 1. The fraction of sp³-hybridized carbons (Fsp3) is 0.571. The van der Waals surface area contributed by atoms with Crippen LogP contribution in [0.1, 0.15) is 48.8 Å². The zero-order valence-electron chi connectivity index (χ0n) is 12.6. The van der Waals surface area contributed by atoms with Crippen LogP contribution >= 0.6 is 11.8 Å². The van der Waals surface area contributed by atoms with Crippen LogP contribution in [0.5, 0.6) is 0 Å². The summed E-state index contributed by atoms with van der Waals surface area (Å²) in [6.07, 6.45) is 1.98. The van der Waals surface area contributed by atoms with Gasteiger partial charge in [-0.2, -0.15) is 5.26 Å². The first-order valence-corrected chi connectivity index (χ1v) is 7.91. The summed E-state index contributed by atoms with van der Waals surface area (Å²) in [5.74, 6) is -0.539. The molecule has 1 aromatic rings. The highest BCUT2D eigenvalue weighted by atomic mass is 32.2. The van der Waals surface area contributed by atoms with Crippen molar-refractivity contribution < 1.29 is 14.3 Å². The number of aromatic nitrogens is 2. The molecule has 1 atom stereocenters. The molecule has 1 rings (SSSR count). The number of nitriles is 1. The Bertz CT molecular complexity index is 614. The van der Waals surface area contributed by atoms with Crippen LogP contribution in [-0.2, 0) is 9.53 Å². The first kappa shape index (κ1) is 18.0. The number of thioether (sulfide) groups is 1. The number of aromatic amines is 2. The van der Waals surface area contributed by atoms with Gasteiger partial charge in [0.1, 0.15) is 11.1 Å². The number of carbonyl (C=O) groups is 2. The molecule has 7 nitrogen and oxygen atoms in total. The summed E-state index contributed by atoms with van der Waals surface area (Å²) >= 11 is 0.870. The number of nitrogens with zero attached hydrogens (tertiary/aromatic N) is 1. The van der Waals surface area contributed by atoms with E-state index in [2.05, 4.69) is 9.97 Å². The Hall–Kier alpha value is -2.01. The predicted octanol–water partition coefficient (Wildman–Crippen LogP) is 1.90. The van der Waals surface area contributed by atoms with Gasteiger partial charge in [-0.05, 0) is 38.5 Å². The molecular formula is C14H19N3O4S. The number of ether oxygens (including phenoxy) is 1. The summed E-state index contributed by atoms with van der Waals surface area (Å²) in [4.78, 5) is 39.7. The van der Waals surface area contributed by atoms with Crippen molar-refractivity contribution in [3.05, 3.63) is 21.9 Å². The Morgan fingerprint density at radius 1 is 1.36 bits per heavy atom. The van der Waals surface area contributed by atoms with Crippen molar-refractivity contribution in [2.45, 2.75) is 44.8 Å². The van der Waals surface area contributed by atoms with Gasteiger partial charge >= 0.3 is 11.7 Å². The first-order chi connectivity index (χ1) is 10.5. The maximum Gasteiger partial charge on any atom is 0.323 e. The standard InChI is InChI=1S/C14H19N3O4S/c1-3-21-11(18)7-5-4-6-10(22-8-15)13(19)12-9(2)16-14(20)17-12/h10H,3-7H2,1-2H3,(H2,16,17,20)/t10-/m1/s1. The molecule has 8 heteroatoms. The van der Waals surface area contributed by atoms with Crippen LogP contribution in [0.3, 0.4) is 0 Å². The lowest BCUT2D eigenvalue weighted by atomic mass is 10.1. The SMILES string of the molecule is CCOC(=O)CCCC[C@@H](SC#N)C(=O)c1[nH]c(=O)[nH]c1C. The Morgan fingerprint density at radius 3 is 2.64 bits per heavy atom. The van der Waals surface area contributed by atoms with E-state index in [-0.39, 0.29) is 17.4 Å². The van der Waals surface area contributed by atoms with Gasteiger partial charge in [0.05, 0.1) is 11.9 Å². The maximum atomic E-state index is 12.3. The summed E-state index contributed by atoms with van der Waals surface area (Å²) in [5, 5.41) is 10.2. The first-order valence-electron chi connectivity index (χ1n) is 7.03. The van der Waals surface area contributed by atoms with E-state index >= 15 is 0 Å². The van der Waals surface area contributed by atoms with Crippen LogP contribution in [0.25, 0.3) is 0 Å². The highest BCUT2D eigenvalue weighted by Gasteiger charge is 2.24. The Morgan fingerprint density at radius 2 is 2.09 bits per heavy atom. The minimum absolute atomic E-state index is 0.211. The molecule has 0 aromatic carbocycles. The molecule has 0 amide bonds. The number of hydrogen-bond acceptors (Lipinski definition) is 6. The second-order valence-corrected chi connectivity index (χ2v) is 5.68. The molecule has 0 aliphatic carbocycles. The van der Waals surface area contributed by atoms with Crippen LogP contribution < -0.4 is 5.69 Å². The van der Waals surface area contributed by atoms with Crippen LogP contribution in [0.2, 0.25) is 0 Å². The molecule has 1 heterocycles. The monoisotopic (exact) mass is 325 g/mol. The molecule has 2 N–H and O–H groups in total. The molecular weight excluding hydrogens is 306 g/mol. The van der Waals surface area contributed by atoms with Crippen molar-refractivity contribution in [3.8, 4) is 5.40 Å². The number of rotatable bonds is 9. The van der Waals surface area contributed by atoms with Gasteiger partial charge in [0.15, 0.2) is 5.78 Å². The van der Waals surface area contributed by atoms with Gasteiger partial charge in [0.25, 0.3) is 0 Å². The molecule has 0 aliphatic heterocycles. The third kappa shape index (κ3) is 5.41. The largest absolute Gasteiger partial charge is 0.466 e. The lowest BCUT2D eigenvalue weighted by Gasteiger charge is -2.11. The minimum Gasteiger partial charge on any atom is -0.466 e. The van der Waals surface area contributed by atoms with Crippen molar-refractivity contribution in [1.29, 1.82) is 5.26 Å². The maximum absolute atomic E-state index is 12.3. The number of unbranched alkanes of at least 4 members (excludes halogenated alkanes) is 1. The Balaban J connectivity index is 2.57. The van der Waals surface area contributed by atoms with Gasteiger partial charge in [-0.15, -0.1) is 0 Å². The van der Waals surface area contributed by atoms with Crippen molar-refractivity contribution in [2.24, 2.45) is 0 Å². The lowest BCUT2D eigenvalue weighted by molar-refractivity contribution is -0.143. The molecule has 0 bridgehead atoms. The summed E-state index contributed by atoms with van der Waals surface area (Å²) in [5.41, 5.74) is 0.233. The summed E-state index contributed by atoms with van der Waals surface area (Å²) in [7, 11) is 0. The number of ketones is 1. The summed E-state index contributed by atoms with van der Waals surface area (Å²) in [6, 6.07) is 0. The third-order valence-corrected chi connectivity index (χ3v) is 3.89. The molecule has 120 valence electrons. The molecule has 0 saturated carbocycles. The van der Waals surface area contributed by atoms with E-state index in [9.17, 15) is 14.4 Å². The van der Waals surface area contributed by atoms with E-state index in [1.165, 1.54) is 0 Å². The highest BCUT2D eigenvalue weighted by Crippen LogP contribution is 2.21. The van der Waals surface area contributed by atoms with Crippen LogP contribution in [0.15, 0.2) is 4.79 Å². The molecule has 22 heavy (non-hydrogen) atoms. The van der Waals surface area contributed by atoms with Gasteiger partial charge in [-0.1, -0.05) is 6.42 Å². The quantitative estimate of drug-likeness (QED) is 0.310. The second-order valence-electron chi connectivity index (χ2n) is 4.69. The second kappa shape index (κ2) is 9.10. The molecule has 0 unspecified atom stereocenters. The summed E-state index contributed by atoms with van der Waals surface area (Å²) < 4.78 is 4.82. The van der Waals surface area contributed by atoms with E-state index in [4.69, 9.17) is 10.00 Å². The molecule has 1 aromatic heterocycles. The molecule has 0 aliphatic rings. The van der Waals surface area contributed by atoms with Crippen molar-refractivity contribution in [3.63, 3.8) is 0 Å². The number of hydrogen-bond donors (Lipinski definition) is 2. The number of Topliss-reactive ketones (excluding diaryl/α,β-unsaturated/α-hetero) is 1. The molecule has 0 spiro atoms. The minimum atomic E-state index is -0.558. The van der Waals surface area contributed by atoms with E-state index in [1.807, 2.05) is 5.40 Å². The van der Waals surface area contributed by atoms with Gasteiger partial charge < -0.3 is 14.7 Å². The molecule has 0 saturated heterocycles. The number of nitrogens with one attached hydrogen (secondary N) is 2. The number of H-pyrrole nitrogens is 2. The fourth-order valence-electron chi connectivity index (χ4n) is 2.02. The number of thiocyanates is 1. The Labute approximate surface area is 132 Å². The zero-order valence-corrected chi connectivity index (χ0v) is 13.4. The van der Waals surface area contributed by atoms with Gasteiger partial charge in [-0.3, -0.25) is 9.59 Å². The van der Waals surface area contributed by atoms with Crippen molar-refractivity contribution in [1.82, 2.24) is 9.97 Å². The third-order valence-electron chi connectivity index (χ3n) is 3.05. The van der Waals surface area contributed by atoms with Crippen LogP contribution in [0, 0.1) is 17.6 Å². The lowest BCUT2D eigenvalue weighted by Crippen LogP contribution is -2.19. The van der Waals surface area contributed by atoms with Crippen LogP contribution in [0.4, 0.5) is 0 Å². The van der Waals surface area contributed by atoms with Gasteiger partial charge in [0.2, 0.25) is 0 Å². The van der Waals surface area contributed by atoms with Crippen molar-refractivity contribution in [2.75, 3.05) is 6.61 Å². The Kier molecular flexibility index (Phi) is 7.46. The van der Waals surface area contributed by atoms with Crippen LogP contribution in [-0.4, -0.2) is 33.6 Å². The number of esters is 1. The van der Waals surface area contributed by atoms with Gasteiger partial charge in [-0.25, -0.2) is 4.79 Å². The normalized spacial score (nSPS) is 11.7. The number of imidazole rings is 1. The van der Waals surface area contributed by atoms with Gasteiger partial charge in [0, 0.05) is 12.1 Å². The zero-order chi connectivity index (χ0) is 16.5. The molecule has 0 fully saturated rings. The van der Waals surface area contributed by atoms with E-state index < -0.39 is 10.9 Å². The topological polar surface area (TPSA) is 116 Å². The smallest absolute Gasteiger partial charge is 0.323 e. The predicted molar refractivity (Wildman–Crippen MR) is 82.6 cm³/mol. The highest BCUT2D eigenvalue weighted by molar-refractivity contribution is 8.05. The summed E-state index contributed by atoms with van der Waals surface area (Å²) in [6.45, 7) is 3.72. The fourth-order valence-corrected chi connectivity index (χ4v) is 2.65. The number of carbonyl (C=O) groups excluding carboxylic acids is 2.